The number of rotatable bonds is 11. The summed E-state index contributed by atoms with van der Waals surface area (Å²) >= 11 is 0. The molecule has 2 saturated heterocycles. The van der Waals surface area contributed by atoms with Gasteiger partial charge in [-0.2, -0.15) is 0 Å². The molecule has 0 radical (unpaired) electrons. The summed E-state index contributed by atoms with van der Waals surface area (Å²) in [7, 11) is 0. The van der Waals surface area contributed by atoms with Crippen molar-refractivity contribution in [3.8, 4) is 11.1 Å². The molecule has 0 aliphatic carbocycles. The molecule has 0 bridgehead atoms. The van der Waals surface area contributed by atoms with E-state index in [-0.39, 0.29) is 31.0 Å². The van der Waals surface area contributed by atoms with Crippen LogP contribution in [0.15, 0.2) is 48.8 Å². The Morgan fingerprint density at radius 2 is 1.78 bits per heavy atom. The van der Waals surface area contributed by atoms with E-state index in [1.807, 2.05) is 36.4 Å². The van der Waals surface area contributed by atoms with Gasteiger partial charge in [0.15, 0.2) is 5.78 Å². The predicted molar refractivity (Wildman–Crippen MR) is 169 cm³/mol. The van der Waals surface area contributed by atoms with E-state index in [1.165, 1.54) is 11.8 Å². The number of fused-ring (bicyclic) bond motifs is 1. The van der Waals surface area contributed by atoms with Gasteiger partial charge in [0, 0.05) is 31.8 Å². The molecular formula is C34H45N5O6. The maximum absolute atomic E-state index is 14.0. The van der Waals surface area contributed by atoms with Gasteiger partial charge in [-0.1, -0.05) is 50.1 Å². The number of hydrogen-bond acceptors (Lipinski definition) is 7. The lowest BCUT2D eigenvalue weighted by Crippen LogP contribution is -2.65. The molecule has 11 heteroatoms. The second-order valence-electron chi connectivity index (χ2n) is 12.3. The van der Waals surface area contributed by atoms with E-state index in [0.29, 0.717) is 45.1 Å². The molecule has 1 aromatic carbocycles. The summed E-state index contributed by atoms with van der Waals surface area (Å²) in [6.45, 7) is 5.22. The van der Waals surface area contributed by atoms with E-state index >= 15 is 0 Å². The Balaban J connectivity index is 1.53. The summed E-state index contributed by atoms with van der Waals surface area (Å²) in [5.41, 5.74) is 1.45. The second kappa shape index (κ2) is 15.2. The van der Waals surface area contributed by atoms with Gasteiger partial charge in [0.25, 0.3) is 0 Å². The fourth-order valence-electron chi connectivity index (χ4n) is 5.86. The Morgan fingerprint density at radius 3 is 2.44 bits per heavy atom. The first kappa shape index (κ1) is 33.8. The Labute approximate surface area is 264 Å². The van der Waals surface area contributed by atoms with Crippen molar-refractivity contribution in [3.63, 3.8) is 0 Å². The van der Waals surface area contributed by atoms with Crippen LogP contribution in [0, 0.1) is 0 Å². The first-order chi connectivity index (χ1) is 21.5. The van der Waals surface area contributed by atoms with Crippen LogP contribution in [0.25, 0.3) is 11.1 Å². The molecule has 5 atom stereocenters. The van der Waals surface area contributed by atoms with E-state index in [0.717, 1.165) is 16.7 Å². The van der Waals surface area contributed by atoms with Crippen molar-refractivity contribution in [2.24, 2.45) is 0 Å². The van der Waals surface area contributed by atoms with Gasteiger partial charge in [-0.15, -0.1) is 0 Å². The number of benzene rings is 1. The van der Waals surface area contributed by atoms with Crippen LogP contribution >= 0.6 is 0 Å². The zero-order valence-electron chi connectivity index (χ0n) is 26.4. The summed E-state index contributed by atoms with van der Waals surface area (Å²) in [4.78, 5) is 72.3. The molecule has 2 aliphatic rings. The van der Waals surface area contributed by atoms with Gasteiger partial charge in [0.1, 0.15) is 29.8 Å². The highest BCUT2D eigenvalue weighted by Gasteiger charge is 2.43. The SMILES string of the molecule is CC[C@]1(C)NC(=O)[C@H](CCCCCC(=O)[C@@H](C)O)NC(=O)[C@H]2CCCN2C(=O)[C@H](Cc2ccc(-c3cccnc3)cc2)NC1=O. The molecule has 4 rings (SSSR count). The van der Waals surface area contributed by atoms with Crippen molar-refractivity contribution in [3.05, 3.63) is 54.4 Å². The average molecular weight is 620 g/mol. The largest absolute Gasteiger partial charge is 0.386 e. The molecule has 2 aromatic rings. The number of unbranched alkanes of at least 4 members (excludes halogenated alkanes) is 2. The number of carbonyl (C=O) groups is 5. The molecule has 4 amide bonds. The zero-order chi connectivity index (χ0) is 32.6. The van der Waals surface area contributed by atoms with Gasteiger partial charge in [-0.3, -0.25) is 29.0 Å². The molecule has 11 nitrogen and oxygen atoms in total. The number of carbonyl (C=O) groups excluding carboxylic acids is 5. The third-order valence-electron chi connectivity index (χ3n) is 8.95. The third kappa shape index (κ3) is 8.54. The lowest BCUT2D eigenvalue weighted by Gasteiger charge is -2.36. The van der Waals surface area contributed by atoms with Crippen LogP contribution in [0.4, 0.5) is 0 Å². The minimum atomic E-state index is -1.32. The molecule has 4 N–H and O–H groups in total. The minimum absolute atomic E-state index is 0.219. The Hall–Kier alpha value is -4.12. The van der Waals surface area contributed by atoms with E-state index in [4.69, 9.17) is 0 Å². The highest BCUT2D eigenvalue weighted by molar-refractivity contribution is 5.99. The standard InChI is InChI=1S/C34H45N5O6/c1-4-34(3)33(45)37-27(20-23-14-16-24(17-15-23)25-10-8-18-35-21-25)32(44)39-19-9-12-28(39)31(43)36-26(30(42)38-34)11-6-5-7-13-29(41)22(2)40/h8,10,14-18,21-22,26-28,40H,4-7,9,11-13,19-20H2,1-3H3,(H,36,43)(H,37,45)(H,38,42)/t22-,26+,27+,28-,34+/m1/s1. The van der Waals surface area contributed by atoms with E-state index in [1.54, 1.807) is 26.2 Å². The van der Waals surface area contributed by atoms with Crippen molar-refractivity contribution in [2.75, 3.05) is 6.54 Å². The third-order valence-corrected chi connectivity index (χ3v) is 8.95. The Bertz CT molecular complexity index is 1360. The zero-order valence-corrected chi connectivity index (χ0v) is 26.4. The maximum Gasteiger partial charge on any atom is 0.246 e. The number of nitrogens with one attached hydrogen (secondary N) is 3. The molecule has 2 fully saturated rings. The molecule has 0 saturated carbocycles. The van der Waals surface area contributed by atoms with Crippen molar-refractivity contribution < 1.29 is 29.1 Å². The summed E-state index contributed by atoms with van der Waals surface area (Å²) in [6, 6.07) is 8.96. The number of aromatic nitrogens is 1. The predicted octanol–water partition coefficient (Wildman–Crippen LogP) is 2.45. The van der Waals surface area contributed by atoms with Crippen LogP contribution < -0.4 is 16.0 Å². The summed E-state index contributed by atoms with van der Waals surface area (Å²) in [6.07, 6.45) is 6.33. The van der Waals surface area contributed by atoms with Gasteiger partial charge < -0.3 is 26.0 Å². The van der Waals surface area contributed by atoms with Gasteiger partial charge in [-0.25, -0.2) is 0 Å². The van der Waals surface area contributed by atoms with E-state index in [9.17, 15) is 29.1 Å². The molecule has 3 heterocycles. The number of aliphatic hydroxyl groups excluding tert-OH is 1. The molecule has 0 spiro atoms. The average Bonchev–Trinajstić information content (AvgIpc) is 3.53. The topological polar surface area (TPSA) is 158 Å². The second-order valence-corrected chi connectivity index (χ2v) is 12.3. The van der Waals surface area contributed by atoms with Crippen molar-refractivity contribution in [1.29, 1.82) is 0 Å². The summed E-state index contributed by atoms with van der Waals surface area (Å²) < 4.78 is 0. The number of amides is 4. The van der Waals surface area contributed by atoms with Crippen molar-refractivity contribution in [1.82, 2.24) is 25.8 Å². The monoisotopic (exact) mass is 619 g/mol. The van der Waals surface area contributed by atoms with Crippen molar-refractivity contribution >= 4 is 29.4 Å². The number of pyridine rings is 1. The number of Topliss-reactive ketones (excluding diaryl/α,β-unsaturated/α-hetero) is 1. The fraction of sp³-hybridized carbons (Fsp3) is 0.529. The Morgan fingerprint density at radius 1 is 1.02 bits per heavy atom. The highest BCUT2D eigenvalue weighted by Crippen LogP contribution is 2.24. The molecule has 242 valence electrons. The lowest BCUT2D eigenvalue weighted by atomic mass is 9.94. The molecule has 2 aliphatic heterocycles. The van der Waals surface area contributed by atoms with E-state index in [2.05, 4.69) is 20.9 Å². The van der Waals surface area contributed by atoms with Gasteiger partial charge in [0.2, 0.25) is 23.6 Å². The van der Waals surface area contributed by atoms with Crippen LogP contribution in [-0.4, -0.2) is 80.7 Å². The first-order valence-corrected chi connectivity index (χ1v) is 16.0. The highest BCUT2D eigenvalue weighted by atomic mass is 16.3. The summed E-state index contributed by atoms with van der Waals surface area (Å²) in [5.74, 6) is -1.90. The van der Waals surface area contributed by atoms with Gasteiger partial charge in [0.05, 0.1) is 0 Å². The molecular weight excluding hydrogens is 574 g/mol. The van der Waals surface area contributed by atoms with Crippen molar-refractivity contribution in [2.45, 2.75) is 108 Å². The van der Waals surface area contributed by atoms with Crippen LogP contribution in [0.3, 0.4) is 0 Å². The number of aliphatic hydroxyl groups is 1. The van der Waals surface area contributed by atoms with Crippen LogP contribution in [0.1, 0.15) is 77.7 Å². The molecule has 0 unspecified atom stereocenters. The lowest BCUT2D eigenvalue weighted by molar-refractivity contribution is -0.144. The van der Waals surface area contributed by atoms with Crippen LogP contribution in [0.5, 0.6) is 0 Å². The van der Waals surface area contributed by atoms with Crippen LogP contribution in [0.2, 0.25) is 0 Å². The first-order valence-electron chi connectivity index (χ1n) is 16.0. The molecule has 45 heavy (non-hydrogen) atoms. The van der Waals surface area contributed by atoms with Crippen LogP contribution in [-0.2, 0) is 30.4 Å². The maximum atomic E-state index is 14.0. The smallest absolute Gasteiger partial charge is 0.246 e. The summed E-state index contributed by atoms with van der Waals surface area (Å²) in [5, 5.41) is 18.1. The van der Waals surface area contributed by atoms with E-state index < -0.39 is 47.5 Å². The fourth-order valence-corrected chi connectivity index (χ4v) is 5.86. The van der Waals surface area contributed by atoms with Gasteiger partial charge >= 0.3 is 0 Å². The number of nitrogens with zero attached hydrogens (tertiary/aromatic N) is 2. The number of ketones is 1. The molecule has 1 aromatic heterocycles. The Kier molecular flexibility index (Phi) is 11.4. The van der Waals surface area contributed by atoms with Gasteiger partial charge in [-0.05, 0) is 68.7 Å². The number of hydrogen-bond donors (Lipinski definition) is 4. The minimum Gasteiger partial charge on any atom is -0.386 e. The quantitative estimate of drug-likeness (QED) is 0.281. The normalized spacial score (nSPS) is 24.9.